The van der Waals surface area contributed by atoms with Crippen LogP contribution in [-0.2, 0) is 9.53 Å². The van der Waals surface area contributed by atoms with Gasteiger partial charge in [-0.25, -0.2) is 0 Å². The Kier molecular flexibility index (Phi) is 7.28. The van der Waals surface area contributed by atoms with Crippen molar-refractivity contribution in [2.24, 2.45) is 5.92 Å². The summed E-state index contributed by atoms with van der Waals surface area (Å²) in [5.74, 6) is 0.693. The lowest BCUT2D eigenvalue weighted by molar-refractivity contribution is -0.143. The van der Waals surface area contributed by atoms with Crippen molar-refractivity contribution in [3.63, 3.8) is 0 Å². The number of nitrogens with zero attached hydrogens (tertiary/aromatic N) is 1. The lowest BCUT2D eigenvalue weighted by atomic mass is 9.89. The van der Waals surface area contributed by atoms with Crippen molar-refractivity contribution in [3.8, 4) is 0 Å². The second kappa shape index (κ2) is 8.48. The van der Waals surface area contributed by atoms with E-state index in [-0.39, 0.29) is 12.0 Å². The van der Waals surface area contributed by atoms with Gasteiger partial charge in [0, 0.05) is 6.54 Å². The predicted molar refractivity (Wildman–Crippen MR) is 73.6 cm³/mol. The largest absolute Gasteiger partial charge is 0.468 e. The molecule has 0 aromatic heterocycles. The van der Waals surface area contributed by atoms with Crippen LogP contribution in [0.3, 0.4) is 0 Å². The molecule has 0 saturated heterocycles. The first-order valence-corrected chi connectivity index (χ1v) is 7.11. The molecule has 0 bridgehead atoms. The van der Waals surface area contributed by atoms with E-state index in [9.17, 15) is 4.79 Å². The van der Waals surface area contributed by atoms with Crippen molar-refractivity contribution in [1.29, 1.82) is 0 Å². The summed E-state index contributed by atoms with van der Waals surface area (Å²) < 4.78 is 4.77. The Morgan fingerprint density at radius 2 is 2.06 bits per heavy atom. The molecule has 1 aliphatic rings. The van der Waals surface area contributed by atoms with Gasteiger partial charge in [0.1, 0.15) is 6.04 Å². The molecule has 0 aromatic rings. The van der Waals surface area contributed by atoms with Gasteiger partial charge >= 0.3 is 5.97 Å². The van der Waals surface area contributed by atoms with Crippen molar-refractivity contribution < 1.29 is 9.53 Å². The molecule has 0 radical (unpaired) electrons. The SMILES string of the molecule is CNC(CCN(C)CC1CCCCC1)C(=O)OC. The summed E-state index contributed by atoms with van der Waals surface area (Å²) >= 11 is 0. The average molecular weight is 256 g/mol. The molecule has 18 heavy (non-hydrogen) atoms. The molecule has 1 N–H and O–H groups in total. The van der Waals surface area contributed by atoms with E-state index < -0.39 is 0 Å². The first-order valence-electron chi connectivity index (χ1n) is 7.11. The number of hydrogen-bond acceptors (Lipinski definition) is 4. The predicted octanol–water partition coefficient (Wildman–Crippen LogP) is 1.65. The molecule has 4 heteroatoms. The number of hydrogen-bond donors (Lipinski definition) is 1. The minimum absolute atomic E-state index is 0.163. The highest BCUT2D eigenvalue weighted by Gasteiger charge is 2.19. The van der Waals surface area contributed by atoms with Crippen LogP contribution in [-0.4, -0.2) is 51.2 Å². The number of nitrogens with one attached hydrogen (secondary N) is 1. The normalized spacial score (nSPS) is 18.9. The summed E-state index contributed by atoms with van der Waals surface area (Å²) in [7, 11) is 5.40. The highest BCUT2D eigenvalue weighted by Crippen LogP contribution is 2.24. The maximum absolute atomic E-state index is 11.4. The molecule has 1 unspecified atom stereocenters. The summed E-state index contributed by atoms with van der Waals surface area (Å²) in [5, 5.41) is 3.01. The molecule has 0 aromatic carbocycles. The number of esters is 1. The summed E-state index contributed by atoms with van der Waals surface area (Å²) in [5.41, 5.74) is 0. The van der Waals surface area contributed by atoms with E-state index in [1.807, 2.05) is 7.05 Å². The fourth-order valence-corrected chi connectivity index (χ4v) is 2.77. The highest BCUT2D eigenvalue weighted by molar-refractivity contribution is 5.75. The van der Waals surface area contributed by atoms with Gasteiger partial charge in [-0.05, 0) is 45.8 Å². The average Bonchev–Trinajstić information content (AvgIpc) is 2.40. The Hall–Kier alpha value is -0.610. The van der Waals surface area contributed by atoms with E-state index in [1.165, 1.54) is 39.2 Å². The van der Waals surface area contributed by atoms with Gasteiger partial charge in [0.2, 0.25) is 0 Å². The quantitative estimate of drug-likeness (QED) is 0.703. The third kappa shape index (κ3) is 5.36. The van der Waals surface area contributed by atoms with Gasteiger partial charge in [-0.3, -0.25) is 4.79 Å². The summed E-state index contributed by atoms with van der Waals surface area (Å²) in [6.07, 6.45) is 7.74. The van der Waals surface area contributed by atoms with Gasteiger partial charge in [-0.15, -0.1) is 0 Å². The van der Waals surface area contributed by atoms with E-state index in [4.69, 9.17) is 4.74 Å². The van der Waals surface area contributed by atoms with Crippen LogP contribution in [0.25, 0.3) is 0 Å². The van der Waals surface area contributed by atoms with Crippen LogP contribution in [0.2, 0.25) is 0 Å². The van der Waals surface area contributed by atoms with Crippen molar-refractivity contribution in [3.05, 3.63) is 0 Å². The Labute approximate surface area is 111 Å². The van der Waals surface area contributed by atoms with Crippen molar-refractivity contribution in [2.45, 2.75) is 44.6 Å². The topological polar surface area (TPSA) is 41.6 Å². The Morgan fingerprint density at radius 1 is 1.39 bits per heavy atom. The van der Waals surface area contributed by atoms with Crippen molar-refractivity contribution in [1.82, 2.24) is 10.2 Å². The lowest BCUT2D eigenvalue weighted by Gasteiger charge is -2.27. The lowest BCUT2D eigenvalue weighted by Crippen LogP contribution is -2.39. The van der Waals surface area contributed by atoms with E-state index in [1.54, 1.807) is 0 Å². The van der Waals surface area contributed by atoms with Crippen LogP contribution in [0.5, 0.6) is 0 Å². The van der Waals surface area contributed by atoms with Gasteiger partial charge in [0.25, 0.3) is 0 Å². The summed E-state index contributed by atoms with van der Waals surface area (Å²) in [6.45, 7) is 2.11. The first kappa shape index (κ1) is 15.4. The smallest absolute Gasteiger partial charge is 0.322 e. The number of methoxy groups -OCH3 is 1. The van der Waals surface area contributed by atoms with E-state index >= 15 is 0 Å². The second-order valence-corrected chi connectivity index (χ2v) is 5.42. The zero-order valence-electron chi connectivity index (χ0n) is 12.1. The maximum Gasteiger partial charge on any atom is 0.322 e. The number of rotatable bonds is 7. The molecule has 0 spiro atoms. The number of carbonyl (C=O) groups is 1. The number of ether oxygens (including phenoxy) is 1. The van der Waals surface area contributed by atoms with E-state index in [0.29, 0.717) is 0 Å². The summed E-state index contributed by atoms with van der Waals surface area (Å²) in [6, 6.07) is -0.177. The maximum atomic E-state index is 11.4. The molecule has 0 aliphatic heterocycles. The van der Waals surface area contributed by atoms with Crippen LogP contribution in [0.4, 0.5) is 0 Å². The third-order valence-electron chi connectivity index (χ3n) is 3.93. The van der Waals surface area contributed by atoms with Crippen LogP contribution < -0.4 is 5.32 Å². The van der Waals surface area contributed by atoms with Crippen molar-refractivity contribution >= 4 is 5.97 Å². The Morgan fingerprint density at radius 3 is 2.61 bits per heavy atom. The summed E-state index contributed by atoms with van der Waals surface area (Å²) in [4.78, 5) is 13.8. The number of carbonyl (C=O) groups excluding carboxylic acids is 1. The zero-order chi connectivity index (χ0) is 13.4. The first-order chi connectivity index (χ1) is 8.67. The molecule has 1 saturated carbocycles. The standard InChI is InChI=1S/C14H28N2O2/c1-15-13(14(17)18-3)9-10-16(2)11-12-7-5-4-6-8-12/h12-13,15H,4-11H2,1-3H3. The molecule has 106 valence electrons. The van der Waals surface area contributed by atoms with Gasteiger partial charge in [0.15, 0.2) is 0 Å². The molecular formula is C14H28N2O2. The highest BCUT2D eigenvalue weighted by atomic mass is 16.5. The minimum Gasteiger partial charge on any atom is -0.468 e. The van der Waals surface area contributed by atoms with Crippen molar-refractivity contribution in [2.75, 3.05) is 34.3 Å². The monoisotopic (exact) mass is 256 g/mol. The van der Waals surface area contributed by atoms with Crippen LogP contribution >= 0.6 is 0 Å². The minimum atomic E-state index is -0.177. The van der Waals surface area contributed by atoms with Crippen LogP contribution in [0, 0.1) is 5.92 Å². The van der Waals surface area contributed by atoms with Gasteiger partial charge in [0.05, 0.1) is 7.11 Å². The molecule has 1 fully saturated rings. The molecule has 1 rings (SSSR count). The molecule has 0 amide bonds. The van der Waals surface area contributed by atoms with E-state index in [2.05, 4.69) is 17.3 Å². The third-order valence-corrected chi connectivity index (χ3v) is 3.93. The molecule has 0 heterocycles. The Balaban J connectivity index is 2.22. The second-order valence-electron chi connectivity index (χ2n) is 5.42. The number of likely N-dealkylation sites (N-methyl/N-ethyl adjacent to an activating group) is 1. The fourth-order valence-electron chi connectivity index (χ4n) is 2.77. The molecule has 4 nitrogen and oxygen atoms in total. The molecule has 1 atom stereocenters. The fraction of sp³-hybridized carbons (Fsp3) is 0.929. The Bertz CT molecular complexity index is 240. The zero-order valence-corrected chi connectivity index (χ0v) is 12.1. The van der Waals surface area contributed by atoms with Crippen LogP contribution in [0.15, 0.2) is 0 Å². The van der Waals surface area contributed by atoms with Gasteiger partial charge in [-0.2, -0.15) is 0 Å². The van der Waals surface area contributed by atoms with Gasteiger partial charge in [-0.1, -0.05) is 19.3 Å². The van der Waals surface area contributed by atoms with E-state index in [0.717, 1.165) is 25.4 Å². The molecular weight excluding hydrogens is 228 g/mol. The van der Waals surface area contributed by atoms with Gasteiger partial charge < -0.3 is 15.0 Å². The van der Waals surface area contributed by atoms with Crippen LogP contribution in [0.1, 0.15) is 38.5 Å². The molecule has 1 aliphatic carbocycles.